The van der Waals surface area contributed by atoms with Crippen molar-refractivity contribution in [3.63, 3.8) is 0 Å². The molecule has 1 spiro atoms. The van der Waals surface area contributed by atoms with Crippen molar-refractivity contribution in [2.24, 2.45) is 0 Å². The number of nitrogens with one attached hydrogen (secondary N) is 1. The number of carbonyl (C=O) groups is 2. The molecule has 0 radical (unpaired) electrons. The van der Waals surface area contributed by atoms with E-state index in [1.807, 2.05) is 30.3 Å². The number of hydrogen-bond donors (Lipinski definition) is 2. The van der Waals surface area contributed by atoms with Crippen molar-refractivity contribution in [3.05, 3.63) is 35.9 Å². The van der Waals surface area contributed by atoms with E-state index in [2.05, 4.69) is 5.32 Å². The minimum absolute atomic E-state index is 0.0358. The first kappa shape index (κ1) is 16.3. The first-order valence-electron chi connectivity index (χ1n) is 7.62. The van der Waals surface area contributed by atoms with Crippen molar-refractivity contribution in [1.82, 2.24) is 10.2 Å². The molecule has 2 N–H and O–H groups in total. The van der Waals surface area contributed by atoms with Gasteiger partial charge in [0.15, 0.2) is 0 Å². The molecule has 124 valence electrons. The summed E-state index contributed by atoms with van der Waals surface area (Å²) < 4.78 is 5.46. The summed E-state index contributed by atoms with van der Waals surface area (Å²) in [4.78, 5) is 25.6. The van der Waals surface area contributed by atoms with Crippen LogP contribution in [0.5, 0.6) is 0 Å². The maximum Gasteiger partial charge on any atom is 0.325 e. The van der Waals surface area contributed by atoms with E-state index in [0.29, 0.717) is 18.8 Å². The molecule has 2 fully saturated rings. The zero-order chi connectivity index (χ0) is 16.3. The summed E-state index contributed by atoms with van der Waals surface area (Å²) in [5, 5.41) is 12.8. The molecule has 1 aromatic rings. The maximum absolute atomic E-state index is 12.4. The fraction of sp³-hybridized carbons (Fsp3) is 0.500. The average molecular weight is 336 g/mol. The number of aliphatic hydroxyl groups excluding tert-OH is 1. The number of amides is 3. The van der Waals surface area contributed by atoms with Crippen LogP contribution >= 0.6 is 11.8 Å². The lowest BCUT2D eigenvalue weighted by Gasteiger charge is -2.21. The summed E-state index contributed by atoms with van der Waals surface area (Å²) in [5.74, 6) is 1.24. The third-order valence-corrected chi connectivity index (χ3v) is 5.27. The Morgan fingerprint density at radius 3 is 2.83 bits per heavy atom. The van der Waals surface area contributed by atoms with Crippen LogP contribution in [-0.4, -0.2) is 58.2 Å². The Labute approximate surface area is 139 Å². The number of benzene rings is 1. The van der Waals surface area contributed by atoms with E-state index in [1.54, 1.807) is 11.8 Å². The van der Waals surface area contributed by atoms with Crippen LogP contribution in [0, 0.1) is 0 Å². The molecular formula is C16H20N2O4S. The Kier molecular flexibility index (Phi) is 4.89. The number of nitrogens with zero attached hydrogens (tertiary/aromatic N) is 1. The Morgan fingerprint density at radius 1 is 1.35 bits per heavy atom. The fourth-order valence-electron chi connectivity index (χ4n) is 2.82. The highest BCUT2D eigenvalue weighted by Crippen LogP contribution is 2.33. The largest absolute Gasteiger partial charge is 0.389 e. The predicted octanol–water partition coefficient (Wildman–Crippen LogP) is 0.992. The Hall–Kier alpha value is -1.57. The molecule has 2 aliphatic rings. The van der Waals surface area contributed by atoms with Gasteiger partial charge in [-0.2, -0.15) is 11.8 Å². The van der Waals surface area contributed by atoms with Gasteiger partial charge in [-0.3, -0.25) is 9.69 Å². The topological polar surface area (TPSA) is 78.9 Å². The molecule has 3 rings (SSSR count). The van der Waals surface area contributed by atoms with Crippen LogP contribution in [0.1, 0.15) is 12.0 Å². The van der Waals surface area contributed by atoms with Crippen molar-refractivity contribution in [2.45, 2.75) is 24.7 Å². The van der Waals surface area contributed by atoms with Crippen LogP contribution in [0.25, 0.3) is 0 Å². The quantitative estimate of drug-likeness (QED) is 0.758. The van der Waals surface area contributed by atoms with Crippen molar-refractivity contribution >= 4 is 23.7 Å². The van der Waals surface area contributed by atoms with Crippen LogP contribution in [0.3, 0.4) is 0 Å². The van der Waals surface area contributed by atoms with Crippen LogP contribution in [0.15, 0.2) is 30.3 Å². The van der Waals surface area contributed by atoms with Gasteiger partial charge in [-0.05, 0) is 17.7 Å². The molecule has 2 unspecified atom stereocenters. The molecular weight excluding hydrogens is 316 g/mol. The third-order valence-electron chi connectivity index (χ3n) is 4.08. The number of imide groups is 1. The lowest BCUT2D eigenvalue weighted by molar-refractivity contribution is -0.131. The summed E-state index contributed by atoms with van der Waals surface area (Å²) in [6.45, 7) is 0.429. The minimum atomic E-state index is -0.891. The highest BCUT2D eigenvalue weighted by atomic mass is 32.2. The van der Waals surface area contributed by atoms with Gasteiger partial charge in [0, 0.05) is 5.75 Å². The van der Waals surface area contributed by atoms with Gasteiger partial charge in [0.1, 0.15) is 5.54 Å². The van der Waals surface area contributed by atoms with Gasteiger partial charge in [-0.25, -0.2) is 4.79 Å². The maximum atomic E-state index is 12.4. The molecule has 0 aromatic heterocycles. The second-order valence-electron chi connectivity index (χ2n) is 5.89. The van der Waals surface area contributed by atoms with Gasteiger partial charge in [-0.15, -0.1) is 0 Å². The normalized spacial score (nSPS) is 25.2. The molecule has 3 amide bonds. The second kappa shape index (κ2) is 6.90. The van der Waals surface area contributed by atoms with Gasteiger partial charge in [0.05, 0.1) is 25.9 Å². The predicted molar refractivity (Wildman–Crippen MR) is 87.0 cm³/mol. The summed E-state index contributed by atoms with van der Waals surface area (Å²) in [6, 6.07) is 9.21. The van der Waals surface area contributed by atoms with E-state index in [1.165, 1.54) is 0 Å². The summed E-state index contributed by atoms with van der Waals surface area (Å²) in [7, 11) is 0. The first-order chi connectivity index (χ1) is 11.1. The van der Waals surface area contributed by atoms with Crippen LogP contribution < -0.4 is 5.32 Å². The first-order valence-corrected chi connectivity index (χ1v) is 8.78. The Bertz CT molecular complexity index is 575. The molecule has 7 heteroatoms. The number of ether oxygens (including phenoxy) is 1. The smallest absolute Gasteiger partial charge is 0.325 e. The molecule has 0 bridgehead atoms. The third kappa shape index (κ3) is 3.52. The standard InChI is InChI=1S/C16H20N2O4S/c19-13(10-22-9-12-4-2-1-3-5-12)8-18-14(20)16(17-15(18)21)6-7-23-11-16/h1-5,13,19H,6-11H2,(H,17,21). The molecule has 2 heterocycles. The number of thioether (sulfide) groups is 1. The van der Waals surface area contributed by atoms with Gasteiger partial charge >= 0.3 is 6.03 Å². The molecule has 6 nitrogen and oxygen atoms in total. The molecule has 1 aromatic carbocycles. The molecule has 23 heavy (non-hydrogen) atoms. The lowest BCUT2D eigenvalue weighted by Crippen LogP contribution is -2.47. The number of aliphatic hydroxyl groups is 1. The van der Waals surface area contributed by atoms with E-state index in [-0.39, 0.29) is 19.1 Å². The van der Waals surface area contributed by atoms with Gasteiger partial charge in [0.25, 0.3) is 5.91 Å². The molecule has 2 atom stereocenters. The average Bonchev–Trinajstić information content (AvgIpc) is 3.10. The number of hydrogen-bond acceptors (Lipinski definition) is 5. The molecule has 0 saturated carbocycles. The van der Waals surface area contributed by atoms with Crippen molar-refractivity contribution in [2.75, 3.05) is 24.7 Å². The van der Waals surface area contributed by atoms with Crippen LogP contribution in [0.2, 0.25) is 0 Å². The van der Waals surface area contributed by atoms with Gasteiger partial charge < -0.3 is 15.2 Å². The zero-order valence-corrected chi connectivity index (χ0v) is 13.6. The SMILES string of the molecule is O=C1NC2(CCSC2)C(=O)N1CC(O)COCc1ccccc1. The lowest BCUT2D eigenvalue weighted by atomic mass is 9.99. The van der Waals surface area contributed by atoms with E-state index < -0.39 is 17.7 Å². The van der Waals surface area contributed by atoms with E-state index >= 15 is 0 Å². The van der Waals surface area contributed by atoms with Crippen LogP contribution in [0.4, 0.5) is 4.79 Å². The van der Waals surface area contributed by atoms with Crippen molar-refractivity contribution in [1.29, 1.82) is 0 Å². The summed E-state index contributed by atoms with van der Waals surface area (Å²) >= 11 is 1.66. The van der Waals surface area contributed by atoms with Crippen LogP contribution in [-0.2, 0) is 16.1 Å². The zero-order valence-electron chi connectivity index (χ0n) is 12.7. The number of carbonyl (C=O) groups excluding carboxylic acids is 2. The minimum Gasteiger partial charge on any atom is -0.389 e. The summed E-state index contributed by atoms with van der Waals surface area (Å²) in [6.07, 6.45) is -0.239. The highest BCUT2D eigenvalue weighted by molar-refractivity contribution is 7.99. The van der Waals surface area contributed by atoms with Crippen molar-refractivity contribution in [3.8, 4) is 0 Å². The van der Waals surface area contributed by atoms with Crippen molar-refractivity contribution < 1.29 is 19.4 Å². The molecule has 0 aliphatic carbocycles. The fourth-order valence-corrected chi connectivity index (χ4v) is 4.15. The number of urea groups is 1. The van der Waals surface area contributed by atoms with E-state index in [0.717, 1.165) is 16.2 Å². The van der Waals surface area contributed by atoms with Gasteiger partial charge in [0.2, 0.25) is 0 Å². The monoisotopic (exact) mass is 336 g/mol. The Morgan fingerprint density at radius 2 is 2.13 bits per heavy atom. The second-order valence-corrected chi connectivity index (χ2v) is 6.99. The van der Waals surface area contributed by atoms with E-state index in [9.17, 15) is 14.7 Å². The Balaban J connectivity index is 1.49. The number of β-amino-alcohol motifs (C(OH)–C–C–N with tert-alkyl or cyclic N) is 1. The number of rotatable bonds is 6. The highest BCUT2D eigenvalue weighted by Gasteiger charge is 2.53. The molecule has 2 saturated heterocycles. The summed E-state index contributed by atoms with van der Waals surface area (Å²) in [5.41, 5.74) is 0.253. The molecule has 2 aliphatic heterocycles. The van der Waals surface area contributed by atoms with Gasteiger partial charge in [-0.1, -0.05) is 30.3 Å². The van der Waals surface area contributed by atoms with E-state index in [4.69, 9.17) is 4.74 Å².